The summed E-state index contributed by atoms with van der Waals surface area (Å²) in [5, 5.41) is 2.71. The molecule has 1 aromatic rings. The lowest BCUT2D eigenvalue weighted by molar-refractivity contribution is -0.117. The van der Waals surface area contributed by atoms with Crippen LogP contribution >= 0.6 is 0 Å². The highest BCUT2D eigenvalue weighted by atomic mass is 16.1. The Morgan fingerprint density at radius 2 is 2.00 bits per heavy atom. The van der Waals surface area contributed by atoms with Crippen molar-refractivity contribution >= 4 is 5.91 Å². The van der Waals surface area contributed by atoms with E-state index in [4.69, 9.17) is 0 Å². The van der Waals surface area contributed by atoms with Gasteiger partial charge >= 0.3 is 0 Å². The molecule has 0 fully saturated rings. The number of carbonyl (C=O) groups excluding carboxylic acids is 1. The van der Waals surface area contributed by atoms with Gasteiger partial charge in [-0.15, -0.1) is 0 Å². The monoisotopic (exact) mass is 162 g/mol. The molecular formula is C10H12NO. The van der Waals surface area contributed by atoms with Gasteiger partial charge in [-0.25, -0.2) is 0 Å². The van der Waals surface area contributed by atoms with Gasteiger partial charge in [0, 0.05) is 6.92 Å². The molecule has 0 aromatic heterocycles. The van der Waals surface area contributed by atoms with Crippen LogP contribution in [0.4, 0.5) is 0 Å². The maximum Gasteiger partial charge on any atom is 0.220 e. The Morgan fingerprint density at radius 1 is 1.42 bits per heavy atom. The molecule has 0 aliphatic carbocycles. The van der Waals surface area contributed by atoms with Gasteiger partial charge in [0.25, 0.3) is 0 Å². The quantitative estimate of drug-likeness (QED) is 0.704. The second-order valence-electron chi connectivity index (χ2n) is 2.70. The van der Waals surface area contributed by atoms with Gasteiger partial charge in [-0.1, -0.05) is 30.3 Å². The molecule has 1 aromatic carbocycles. The van der Waals surface area contributed by atoms with Crippen LogP contribution in [-0.4, -0.2) is 5.91 Å². The van der Waals surface area contributed by atoms with E-state index in [0.717, 1.165) is 5.56 Å². The normalized spacial score (nSPS) is 12.2. The highest BCUT2D eigenvalue weighted by Gasteiger charge is 2.03. The summed E-state index contributed by atoms with van der Waals surface area (Å²) in [4.78, 5) is 10.6. The molecular weight excluding hydrogens is 150 g/mol. The average molecular weight is 162 g/mol. The van der Waals surface area contributed by atoms with Gasteiger partial charge in [-0.05, 0) is 12.5 Å². The maximum atomic E-state index is 10.6. The van der Waals surface area contributed by atoms with E-state index < -0.39 is 0 Å². The van der Waals surface area contributed by atoms with Crippen molar-refractivity contribution in [2.24, 2.45) is 0 Å². The predicted molar refractivity (Wildman–Crippen MR) is 48.4 cm³/mol. The van der Waals surface area contributed by atoms with Gasteiger partial charge in [0.15, 0.2) is 0 Å². The first-order chi connectivity index (χ1) is 5.70. The molecule has 0 spiro atoms. The van der Waals surface area contributed by atoms with Crippen molar-refractivity contribution in [3.63, 3.8) is 0 Å². The molecule has 0 saturated carbocycles. The summed E-state index contributed by atoms with van der Waals surface area (Å²) in [5.41, 5.74) is 1.09. The van der Waals surface area contributed by atoms with E-state index in [9.17, 15) is 4.79 Å². The molecule has 1 unspecified atom stereocenters. The van der Waals surface area contributed by atoms with Gasteiger partial charge in [0.1, 0.15) is 0 Å². The third-order valence-corrected chi connectivity index (χ3v) is 1.68. The van der Waals surface area contributed by atoms with Crippen LogP contribution in [0.1, 0.15) is 18.5 Å². The topological polar surface area (TPSA) is 29.1 Å². The highest BCUT2D eigenvalue weighted by molar-refractivity contribution is 5.80. The van der Waals surface area contributed by atoms with Crippen molar-refractivity contribution < 1.29 is 4.79 Å². The Bertz CT molecular complexity index is 256. The molecule has 0 saturated heterocycles. The standard InChI is InChI=1S/C10H12NO/c1-8(11-9(2)12)10-6-4-3-5-7-10/h3-8H,2H2,1H3,(H,11,12). The van der Waals surface area contributed by atoms with Crippen LogP contribution in [0, 0.1) is 6.92 Å². The number of rotatable bonds is 2. The van der Waals surface area contributed by atoms with E-state index in [1.165, 1.54) is 0 Å². The highest BCUT2D eigenvalue weighted by Crippen LogP contribution is 2.10. The smallest absolute Gasteiger partial charge is 0.220 e. The molecule has 0 aliphatic rings. The summed E-state index contributed by atoms with van der Waals surface area (Å²) in [7, 11) is 0. The molecule has 1 rings (SSSR count). The second-order valence-corrected chi connectivity index (χ2v) is 2.70. The zero-order chi connectivity index (χ0) is 8.97. The molecule has 12 heavy (non-hydrogen) atoms. The molecule has 2 heteroatoms. The zero-order valence-corrected chi connectivity index (χ0v) is 7.08. The lowest BCUT2D eigenvalue weighted by atomic mass is 10.1. The average Bonchev–Trinajstić information content (AvgIpc) is 2.05. The Morgan fingerprint density at radius 3 is 2.50 bits per heavy atom. The van der Waals surface area contributed by atoms with Crippen molar-refractivity contribution in [2.45, 2.75) is 13.0 Å². The number of hydrogen-bond donors (Lipinski definition) is 1. The van der Waals surface area contributed by atoms with E-state index >= 15 is 0 Å². The molecule has 1 radical (unpaired) electrons. The van der Waals surface area contributed by atoms with Crippen LogP contribution in [0.2, 0.25) is 0 Å². The molecule has 2 nitrogen and oxygen atoms in total. The first kappa shape index (κ1) is 8.78. The molecule has 0 aliphatic heterocycles. The lowest BCUT2D eigenvalue weighted by Gasteiger charge is -2.11. The first-order valence-electron chi connectivity index (χ1n) is 3.87. The Hall–Kier alpha value is -1.31. The van der Waals surface area contributed by atoms with Crippen LogP contribution in [0.25, 0.3) is 0 Å². The molecule has 1 amide bonds. The summed E-state index contributed by atoms with van der Waals surface area (Å²) in [5.74, 6) is -0.244. The molecule has 0 heterocycles. The van der Waals surface area contributed by atoms with Crippen molar-refractivity contribution in [3.8, 4) is 0 Å². The maximum absolute atomic E-state index is 10.6. The van der Waals surface area contributed by atoms with Crippen molar-refractivity contribution in [2.75, 3.05) is 0 Å². The fourth-order valence-corrected chi connectivity index (χ4v) is 1.07. The summed E-state index contributed by atoms with van der Waals surface area (Å²) in [6, 6.07) is 9.82. The minimum atomic E-state index is -0.244. The summed E-state index contributed by atoms with van der Waals surface area (Å²) < 4.78 is 0. The third kappa shape index (κ3) is 2.38. The van der Waals surface area contributed by atoms with E-state index in [1.54, 1.807) is 0 Å². The van der Waals surface area contributed by atoms with Gasteiger partial charge < -0.3 is 5.32 Å². The van der Waals surface area contributed by atoms with Gasteiger partial charge in [0.05, 0.1) is 6.04 Å². The SMILES string of the molecule is [CH2]C(=O)NC(C)c1ccccc1. The Labute approximate surface area is 72.6 Å². The Balaban J connectivity index is 2.65. The predicted octanol–water partition coefficient (Wildman–Crippen LogP) is 1.70. The van der Waals surface area contributed by atoms with Crippen molar-refractivity contribution in [1.29, 1.82) is 0 Å². The fraction of sp³-hybridized carbons (Fsp3) is 0.200. The Kier molecular flexibility index (Phi) is 2.86. The van der Waals surface area contributed by atoms with Crippen LogP contribution in [-0.2, 0) is 4.79 Å². The van der Waals surface area contributed by atoms with Crippen molar-refractivity contribution in [3.05, 3.63) is 42.8 Å². The number of benzene rings is 1. The van der Waals surface area contributed by atoms with E-state index in [-0.39, 0.29) is 11.9 Å². The van der Waals surface area contributed by atoms with Crippen LogP contribution in [0.15, 0.2) is 30.3 Å². The molecule has 63 valence electrons. The third-order valence-electron chi connectivity index (χ3n) is 1.68. The van der Waals surface area contributed by atoms with E-state index in [1.807, 2.05) is 37.3 Å². The number of amides is 1. The fourth-order valence-electron chi connectivity index (χ4n) is 1.07. The van der Waals surface area contributed by atoms with Gasteiger partial charge in [-0.2, -0.15) is 0 Å². The zero-order valence-electron chi connectivity index (χ0n) is 7.08. The van der Waals surface area contributed by atoms with Gasteiger partial charge in [-0.3, -0.25) is 4.79 Å². The van der Waals surface area contributed by atoms with Crippen molar-refractivity contribution in [1.82, 2.24) is 5.32 Å². The second kappa shape index (κ2) is 3.90. The lowest BCUT2D eigenvalue weighted by Crippen LogP contribution is -2.23. The molecule has 1 N–H and O–H groups in total. The number of nitrogens with one attached hydrogen (secondary N) is 1. The largest absolute Gasteiger partial charge is 0.350 e. The van der Waals surface area contributed by atoms with E-state index in [0.29, 0.717) is 0 Å². The summed E-state index contributed by atoms with van der Waals surface area (Å²) in [6.07, 6.45) is 0. The van der Waals surface area contributed by atoms with Crippen LogP contribution in [0.3, 0.4) is 0 Å². The number of hydrogen-bond acceptors (Lipinski definition) is 1. The van der Waals surface area contributed by atoms with E-state index in [2.05, 4.69) is 12.2 Å². The van der Waals surface area contributed by atoms with Gasteiger partial charge in [0.2, 0.25) is 5.91 Å². The molecule has 1 atom stereocenters. The molecule has 0 bridgehead atoms. The van der Waals surface area contributed by atoms with Crippen LogP contribution in [0.5, 0.6) is 0 Å². The van der Waals surface area contributed by atoms with Crippen LogP contribution < -0.4 is 5.32 Å². The minimum absolute atomic E-state index is 0.0381. The number of carbonyl (C=O) groups is 1. The first-order valence-corrected chi connectivity index (χ1v) is 3.87. The summed E-state index contributed by atoms with van der Waals surface area (Å²) in [6.45, 7) is 5.18. The summed E-state index contributed by atoms with van der Waals surface area (Å²) >= 11 is 0. The minimum Gasteiger partial charge on any atom is -0.350 e.